The average Bonchev–Trinajstić information content (AvgIpc) is 2.99. The highest BCUT2D eigenvalue weighted by atomic mass is 35.5. The van der Waals surface area contributed by atoms with E-state index in [9.17, 15) is 9.59 Å². The molecule has 1 heterocycles. The van der Waals surface area contributed by atoms with E-state index < -0.39 is 0 Å². The first-order chi connectivity index (χ1) is 12.4. The van der Waals surface area contributed by atoms with E-state index in [0.717, 1.165) is 4.88 Å². The van der Waals surface area contributed by atoms with E-state index in [1.165, 1.54) is 11.3 Å². The van der Waals surface area contributed by atoms with Gasteiger partial charge in [-0.15, -0.1) is 11.3 Å². The first-order valence-electron chi connectivity index (χ1n) is 8.13. The lowest BCUT2D eigenvalue weighted by atomic mass is 10.3. The van der Waals surface area contributed by atoms with E-state index in [-0.39, 0.29) is 24.9 Å². The van der Waals surface area contributed by atoms with Gasteiger partial charge < -0.3 is 10.2 Å². The molecule has 140 valence electrons. The van der Waals surface area contributed by atoms with Crippen LogP contribution in [0.1, 0.15) is 11.8 Å². The van der Waals surface area contributed by atoms with E-state index in [4.69, 9.17) is 23.2 Å². The smallest absolute Gasteiger partial charge is 0.238 e. The van der Waals surface area contributed by atoms with Gasteiger partial charge in [-0.2, -0.15) is 0 Å². The monoisotopic (exact) mass is 413 g/mol. The molecule has 2 rings (SSSR count). The summed E-state index contributed by atoms with van der Waals surface area (Å²) < 4.78 is 0.708. The molecular weight excluding hydrogens is 393 g/mol. The van der Waals surface area contributed by atoms with Crippen molar-refractivity contribution in [3.8, 4) is 0 Å². The molecule has 0 radical (unpaired) electrons. The second-order valence-corrected chi connectivity index (χ2v) is 8.08. The number of carbonyl (C=O) groups excluding carboxylic acids is 2. The van der Waals surface area contributed by atoms with Gasteiger partial charge in [0.1, 0.15) is 0 Å². The minimum Gasteiger partial charge on any atom is -0.337 e. The van der Waals surface area contributed by atoms with Crippen LogP contribution in [0.5, 0.6) is 0 Å². The minimum absolute atomic E-state index is 0.0289. The van der Waals surface area contributed by atoms with Crippen molar-refractivity contribution < 1.29 is 9.59 Å². The van der Waals surface area contributed by atoms with Crippen molar-refractivity contribution >= 4 is 52.0 Å². The number of rotatable bonds is 8. The number of carbonyl (C=O) groups is 2. The third kappa shape index (κ3) is 6.61. The Labute approximate surface area is 167 Å². The number of nitrogens with zero attached hydrogens (tertiary/aromatic N) is 2. The summed E-state index contributed by atoms with van der Waals surface area (Å²) in [6, 6.07) is 10.6. The number of anilines is 1. The van der Waals surface area contributed by atoms with Crippen LogP contribution < -0.4 is 5.32 Å². The SMILES string of the molecule is CCN(Cc1ccc(Cl)s1)C(=O)CN(C)CC(=O)Nc1ccc(Cl)cc1. The number of likely N-dealkylation sites (N-methyl/N-ethyl adjacent to an activating group) is 2. The molecule has 0 aliphatic carbocycles. The summed E-state index contributed by atoms with van der Waals surface area (Å²) in [4.78, 5) is 29.1. The number of hydrogen-bond acceptors (Lipinski definition) is 4. The van der Waals surface area contributed by atoms with Crippen molar-refractivity contribution in [1.29, 1.82) is 0 Å². The van der Waals surface area contributed by atoms with E-state index in [1.807, 2.05) is 19.1 Å². The first-order valence-corrected chi connectivity index (χ1v) is 9.70. The van der Waals surface area contributed by atoms with Crippen LogP contribution >= 0.6 is 34.5 Å². The van der Waals surface area contributed by atoms with Crippen molar-refractivity contribution in [2.24, 2.45) is 0 Å². The van der Waals surface area contributed by atoms with Crippen LogP contribution in [0, 0.1) is 0 Å². The second-order valence-electron chi connectivity index (χ2n) is 5.84. The average molecular weight is 414 g/mol. The molecule has 0 spiro atoms. The maximum Gasteiger partial charge on any atom is 0.238 e. The Bertz CT molecular complexity index is 749. The summed E-state index contributed by atoms with van der Waals surface area (Å²) in [5.74, 6) is -0.213. The topological polar surface area (TPSA) is 52.7 Å². The summed E-state index contributed by atoms with van der Waals surface area (Å²) >= 11 is 13.2. The van der Waals surface area contributed by atoms with Crippen molar-refractivity contribution in [1.82, 2.24) is 9.80 Å². The fourth-order valence-electron chi connectivity index (χ4n) is 2.37. The van der Waals surface area contributed by atoms with Gasteiger partial charge in [-0.1, -0.05) is 23.2 Å². The van der Waals surface area contributed by atoms with Crippen molar-refractivity contribution in [3.63, 3.8) is 0 Å². The molecule has 0 aliphatic rings. The number of amides is 2. The second kappa shape index (κ2) is 9.92. The Hall–Kier alpha value is -1.60. The summed E-state index contributed by atoms with van der Waals surface area (Å²) in [5, 5.41) is 3.39. The van der Waals surface area contributed by atoms with Crippen molar-refractivity contribution in [3.05, 3.63) is 50.6 Å². The van der Waals surface area contributed by atoms with Gasteiger partial charge in [-0.25, -0.2) is 0 Å². The zero-order valence-corrected chi connectivity index (χ0v) is 17.0. The molecule has 1 aromatic heterocycles. The first kappa shape index (κ1) is 20.7. The molecule has 0 saturated heterocycles. The standard InChI is InChI=1S/C18H21Cl2N3O2S/c1-3-23(10-15-8-9-16(20)26-15)18(25)12-22(2)11-17(24)21-14-6-4-13(19)5-7-14/h4-9H,3,10-12H2,1-2H3,(H,21,24). The molecule has 1 aromatic carbocycles. The van der Waals surface area contributed by atoms with E-state index in [1.54, 1.807) is 41.1 Å². The van der Waals surface area contributed by atoms with Crippen LogP contribution in [0.2, 0.25) is 9.36 Å². The van der Waals surface area contributed by atoms with Crippen LogP contribution in [0.15, 0.2) is 36.4 Å². The van der Waals surface area contributed by atoms with Gasteiger partial charge in [0.15, 0.2) is 0 Å². The summed E-state index contributed by atoms with van der Waals surface area (Å²) in [7, 11) is 1.75. The van der Waals surface area contributed by atoms with E-state index in [2.05, 4.69) is 5.32 Å². The minimum atomic E-state index is -0.185. The third-order valence-corrected chi connectivity index (χ3v) is 5.12. The van der Waals surface area contributed by atoms with Crippen molar-refractivity contribution in [2.45, 2.75) is 13.5 Å². The highest BCUT2D eigenvalue weighted by Gasteiger charge is 2.17. The fraction of sp³-hybridized carbons (Fsp3) is 0.333. The fourth-order valence-corrected chi connectivity index (χ4v) is 3.60. The van der Waals surface area contributed by atoms with Crippen molar-refractivity contribution in [2.75, 3.05) is 32.0 Å². The normalized spacial score (nSPS) is 10.8. The van der Waals surface area contributed by atoms with E-state index >= 15 is 0 Å². The predicted octanol–water partition coefficient (Wildman–Crippen LogP) is 3.97. The Morgan fingerprint density at radius 2 is 1.77 bits per heavy atom. The lowest BCUT2D eigenvalue weighted by molar-refractivity contribution is -0.132. The highest BCUT2D eigenvalue weighted by Crippen LogP contribution is 2.22. The third-order valence-electron chi connectivity index (χ3n) is 3.66. The van der Waals surface area contributed by atoms with Gasteiger partial charge >= 0.3 is 0 Å². The predicted molar refractivity (Wildman–Crippen MR) is 108 cm³/mol. The van der Waals surface area contributed by atoms with Gasteiger partial charge in [0.05, 0.1) is 24.0 Å². The molecule has 5 nitrogen and oxygen atoms in total. The summed E-state index contributed by atoms with van der Waals surface area (Å²) in [6.45, 7) is 3.34. The number of benzene rings is 1. The molecular formula is C18H21Cl2N3O2S. The van der Waals surface area contributed by atoms with Crippen LogP contribution in [-0.2, 0) is 16.1 Å². The molecule has 1 N–H and O–H groups in total. The van der Waals surface area contributed by atoms with Crippen LogP contribution in [-0.4, -0.2) is 48.3 Å². The van der Waals surface area contributed by atoms with Gasteiger partial charge in [0.2, 0.25) is 11.8 Å². The number of halogens is 2. The maximum atomic E-state index is 12.5. The van der Waals surface area contributed by atoms with Gasteiger partial charge in [-0.3, -0.25) is 14.5 Å². The Balaban J connectivity index is 1.82. The summed E-state index contributed by atoms with van der Waals surface area (Å²) in [5.41, 5.74) is 0.670. The van der Waals surface area contributed by atoms with Crippen LogP contribution in [0.25, 0.3) is 0 Å². The lowest BCUT2D eigenvalue weighted by Crippen LogP contribution is -2.41. The molecule has 0 fully saturated rings. The van der Waals surface area contributed by atoms with Gasteiger partial charge in [0, 0.05) is 22.1 Å². The van der Waals surface area contributed by atoms with Crippen LogP contribution in [0.4, 0.5) is 5.69 Å². The van der Waals surface area contributed by atoms with Gasteiger partial charge in [-0.05, 0) is 50.4 Å². The van der Waals surface area contributed by atoms with E-state index in [0.29, 0.717) is 28.1 Å². The zero-order valence-electron chi connectivity index (χ0n) is 14.7. The summed E-state index contributed by atoms with van der Waals surface area (Å²) in [6.07, 6.45) is 0. The maximum absolute atomic E-state index is 12.5. The number of nitrogens with one attached hydrogen (secondary N) is 1. The molecule has 26 heavy (non-hydrogen) atoms. The molecule has 2 amide bonds. The lowest BCUT2D eigenvalue weighted by Gasteiger charge is -2.23. The molecule has 0 unspecified atom stereocenters. The number of thiophene rings is 1. The molecule has 0 saturated carbocycles. The zero-order chi connectivity index (χ0) is 19.1. The Kier molecular flexibility index (Phi) is 7.90. The molecule has 8 heteroatoms. The Morgan fingerprint density at radius 1 is 1.08 bits per heavy atom. The Morgan fingerprint density at radius 3 is 2.35 bits per heavy atom. The van der Waals surface area contributed by atoms with Gasteiger partial charge in [0.25, 0.3) is 0 Å². The molecule has 2 aromatic rings. The van der Waals surface area contributed by atoms with Crippen LogP contribution in [0.3, 0.4) is 0 Å². The quantitative estimate of drug-likeness (QED) is 0.711. The molecule has 0 atom stereocenters. The highest BCUT2D eigenvalue weighted by molar-refractivity contribution is 7.16. The largest absolute Gasteiger partial charge is 0.337 e. The molecule has 0 bridgehead atoms. The molecule has 0 aliphatic heterocycles. The number of hydrogen-bond donors (Lipinski definition) is 1.